The molecule has 35 heteroatoms. The molecule has 680 valence electrons. The van der Waals surface area contributed by atoms with Gasteiger partial charge in [0.15, 0.2) is 0 Å². The lowest BCUT2D eigenvalue weighted by molar-refractivity contribution is 0.0342. The number of morpholine rings is 1. The minimum Gasteiger partial charge on any atom is -0.379 e. The van der Waals surface area contributed by atoms with Gasteiger partial charge in [-0.2, -0.15) is 11.8 Å². The molecule has 8 heterocycles. The van der Waals surface area contributed by atoms with Crippen molar-refractivity contribution in [3.8, 4) is 0 Å². The van der Waals surface area contributed by atoms with E-state index in [0.717, 1.165) is 127 Å². The molecule has 9 N–H and O–H groups in total. The van der Waals surface area contributed by atoms with E-state index < -0.39 is 23.6 Å². The van der Waals surface area contributed by atoms with Gasteiger partial charge in [-0.25, -0.2) is 19.9 Å². The van der Waals surface area contributed by atoms with E-state index in [1.165, 1.54) is 79.4 Å². The topological polar surface area (TPSA) is 319 Å². The number of benzene rings is 8. The van der Waals surface area contributed by atoms with Gasteiger partial charge in [0.05, 0.1) is 78.3 Å². The third kappa shape index (κ3) is 30.3. The number of piperazine rings is 1. The van der Waals surface area contributed by atoms with Crippen molar-refractivity contribution in [2.24, 2.45) is 0 Å². The number of rotatable bonds is 24. The van der Waals surface area contributed by atoms with Crippen LogP contribution in [0.1, 0.15) is 124 Å². The molecule has 16 rings (SSSR count). The molecule has 0 spiro atoms. The molecule has 4 aromatic heterocycles. The zero-order valence-corrected chi connectivity index (χ0v) is 78.0. The van der Waals surface area contributed by atoms with Gasteiger partial charge in [0.2, 0.25) is 0 Å². The summed E-state index contributed by atoms with van der Waals surface area (Å²) in [6.45, 7) is 15.1. The molecular formula is C97H91Cl8N17O9S. The van der Waals surface area contributed by atoms with Gasteiger partial charge >= 0.3 is 0 Å². The van der Waals surface area contributed by atoms with Crippen LogP contribution in [-0.2, 0) is 30.9 Å². The first-order valence-corrected chi connectivity index (χ1v) is 46.4. The van der Waals surface area contributed by atoms with Crippen molar-refractivity contribution in [2.45, 2.75) is 45.4 Å². The molecule has 4 aliphatic rings. The van der Waals surface area contributed by atoms with Gasteiger partial charge in [0, 0.05) is 157 Å². The van der Waals surface area contributed by atoms with Gasteiger partial charge < -0.3 is 52.6 Å². The first-order valence-electron chi connectivity index (χ1n) is 42.2. The van der Waals surface area contributed by atoms with Crippen LogP contribution in [0.25, 0.3) is 0 Å². The number of carbonyl (C=O) groups is 8. The largest absolute Gasteiger partial charge is 0.379 e. The third-order valence-electron chi connectivity index (χ3n) is 21.1. The van der Waals surface area contributed by atoms with E-state index in [-0.39, 0.29) is 45.9 Å². The molecule has 0 aliphatic carbocycles. The lowest BCUT2D eigenvalue weighted by Gasteiger charge is -2.27. The summed E-state index contributed by atoms with van der Waals surface area (Å²) >= 11 is 49.8. The van der Waals surface area contributed by atoms with Crippen molar-refractivity contribution in [2.75, 3.05) is 133 Å². The van der Waals surface area contributed by atoms with Gasteiger partial charge in [0.25, 0.3) is 47.3 Å². The number of aromatic nitrogens is 4. The summed E-state index contributed by atoms with van der Waals surface area (Å²) < 4.78 is 5.38. The molecule has 8 amide bonds. The molecule has 4 saturated heterocycles. The number of hydrogen-bond acceptors (Lipinski definition) is 19. The number of nitrogens with zero attached hydrogens (tertiary/aromatic N) is 8. The van der Waals surface area contributed by atoms with Crippen LogP contribution in [0.3, 0.4) is 0 Å². The average molecular weight is 1950 g/mol. The summed E-state index contributed by atoms with van der Waals surface area (Å²) in [6.07, 6.45) is 9.52. The zero-order chi connectivity index (χ0) is 92.8. The Balaban J connectivity index is 0.000000150. The van der Waals surface area contributed by atoms with Crippen molar-refractivity contribution in [1.82, 2.24) is 44.9 Å². The van der Waals surface area contributed by atoms with Gasteiger partial charge in [-0.3, -0.25) is 58.0 Å². The highest BCUT2D eigenvalue weighted by molar-refractivity contribution is 7.99. The second kappa shape index (κ2) is 49.3. The van der Waals surface area contributed by atoms with Crippen LogP contribution < -0.4 is 47.9 Å². The van der Waals surface area contributed by atoms with E-state index in [4.69, 9.17) is 97.5 Å². The van der Waals surface area contributed by atoms with Gasteiger partial charge in [-0.15, -0.1) is 0 Å². The monoisotopic (exact) mass is 1950 g/mol. The van der Waals surface area contributed by atoms with Crippen molar-refractivity contribution in [1.29, 1.82) is 0 Å². The summed E-state index contributed by atoms with van der Waals surface area (Å²) in [4.78, 5) is 128. The molecule has 26 nitrogen and oxygen atoms in total. The minimum atomic E-state index is -0.455. The molecule has 132 heavy (non-hydrogen) atoms. The van der Waals surface area contributed by atoms with E-state index in [9.17, 15) is 38.4 Å². The van der Waals surface area contributed by atoms with E-state index in [0.29, 0.717) is 108 Å². The minimum absolute atomic E-state index is 0.219. The fraction of sp³-hybridized carbons (Fsp3) is 0.216. The molecule has 0 saturated carbocycles. The van der Waals surface area contributed by atoms with E-state index in [1.54, 1.807) is 133 Å². The van der Waals surface area contributed by atoms with Crippen LogP contribution in [0.5, 0.6) is 0 Å². The number of nitrogens with one attached hydrogen (secondary N) is 9. The molecular weight excluding hydrogens is 1860 g/mol. The highest BCUT2D eigenvalue weighted by Gasteiger charge is 2.24. The molecule has 0 bridgehead atoms. The number of carbonyl (C=O) groups excluding carboxylic acids is 8. The van der Waals surface area contributed by atoms with Crippen molar-refractivity contribution in [3.05, 3.63) is 350 Å². The van der Waals surface area contributed by atoms with Gasteiger partial charge in [-0.1, -0.05) is 148 Å². The summed E-state index contributed by atoms with van der Waals surface area (Å²) in [5.74, 6) is 0.609. The van der Waals surface area contributed by atoms with Crippen LogP contribution >= 0.6 is 105 Å². The first-order chi connectivity index (χ1) is 63.9. The summed E-state index contributed by atoms with van der Waals surface area (Å²) in [5.41, 5.74) is 8.92. The first kappa shape index (κ1) is 98.1. The molecule has 0 unspecified atom stereocenters. The van der Waals surface area contributed by atoms with Crippen LogP contribution in [0, 0.1) is 0 Å². The molecule has 0 radical (unpaired) electrons. The number of anilines is 8. The average Bonchev–Trinajstić information content (AvgIpc) is 0.835. The molecule has 4 aliphatic heterocycles. The number of piperidine rings is 1. The normalized spacial score (nSPS) is 14.0. The number of ether oxygens (including phenoxy) is 1. The Morgan fingerprint density at radius 1 is 0.280 bits per heavy atom. The maximum atomic E-state index is 12.9. The molecule has 12 aromatic rings. The molecule has 0 atom stereocenters. The fourth-order valence-electron chi connectivity index (χ4n) is 14.1. The lowest BCUT2D eigenvalue weighted by atomic mass is 10.1. The van der Waals surface area contributed by atoms with Crippen molar-refractivity contribution in [3.63, 3.8) is 0 Å². The Kier molecular flexibility index (Phi) is 36.6. The maximum absolute atomic E-state index is 12.9. The summed E-state index contributed by atoms with van der Waals surface area (Å²) in [6, 6.07) is 61.8. The van der Waals surface area contributed by atoms with Crippen LogP contribution in [0.15, 0.2) is 243 Å². The zero-order valence-electron chi connectivity index (χ0n) is 71.1. The number of halogens is 8. The standard InChI is InChI=1S/C25H24Cl2N4O2.C24H23Cl2N5O2.C24H22Cl2N4O3.C24H22Cl2N4O2S/c26-19-8-10-22(21(14-19)25(33)30-23-11-9-20(27)15-28-23)29-24(32)18-6-4-17(5-7-18)16-31-12-2-1-3-13-31;25-18-5-7-21(20(13-18)24(33)30-22-8-6-19(26)14-28-22)29-23(32)17-3-1-16(2-4-17)15-31-11-9-27-10-12-31;2*25-18-5-7-21(20(13-18)24(32)29-22-8-6-19(26)14-27-22)28-23(31)17-3-1-16(2-4-17)15-30-9-11-33-12-10-30/h4-11,14-15H,1-3,12-13,16H2,(H,29,32)(H,28,30,33);1-8,13-14,27H,9-12,15H2,(H,29,32)(H,28,30,33);2*1-8,13-14H,9-12,15H2,(H,28,31)(H,27,29,32). The lowest BCUT2D eigenvalue weighted by Crippen LogP contribution is -2.42. The summed E-state index contributed by atoms with van der Waals surface area (Å²) in [5, 5.41) is 28.7. The Labute approximate surface area is 807 Å². The Hall–Kier alpha value is -11.5. The highest BCUT2D eigenvalue weighted by Crippen LogP contribution is 2.30. The second-order valence-electron chi connectivity index (χ2n) is 30.8. The van der Waals surface area contributed by atoms with Crippen molar-refractivity contribution >= 4 is 198 Å². The maximum Gasteiger partial charge on any atom is 0.258 e. The predicted molar refractivity (Wildman–Crippen MR) is 528 cm³/mol. The van der Waals surface area contributed by atoms with Crippen molar-refractivity contribution < 1.29 is 43.1 Å². The third-order valence-corrected chi connectivity index (χ3v) is 23.9. The van der Waals surface area contributed by atoms with E-state index in [1.807, 2.05) is 72.4 Å². The Bertz CT molecular complexity index is 5260. The van der Waals surface area contributed by atoms with E-state index in [2.05, 4.69) is 87.4 Å². The number of likely N-dealkylation sites (tertiary alicyclic amines) is 1. The predicted octanol–water partition coefficient (Wildman–Crippen LogP) is 20.3. The van der Waals surface area contributed by atoms with Crippen LogP contribution in [0.2, 0.25) is 40.2 Å². The Morgan fingerprint density at radius 3 is 0.795 bits per heavy atom. The highest BCUT2D eigenvalue weighted by atomic mass is 35.5. The fourth-order valence-corrected chi connectivity index (χ4v) is 16.3. The molecule has 8 aromatic carbocycles. The number of thioether (sulfide) groups is 1. The number of pyridine rings is 4. The molecule has 4 fully saturated rings. The smallest absolute Gasteiger partial charge is 0.258 e. The van der Waals surface area contributed by atoms with Crippen LogP contribution in [0.4, 0.5) is 46.0 Å². The van der Waals surface area contributed by atoms with E-state index >= 15 is 0 Å². The number of hydrogen-bond donors (Lipinski definition) is 9. The van der Waals surface area contributed by atoms with Gasteiger partial charge in [0.1, 0.15) is 23.3 Å². The Morgan fingerprint density at radius 2 is 0.530 bits per heavy atom. The quantitative estimate of drug-likeness (QED) is 0.0271. The second-order valence-corrected chi connectivity index (χ2v) is 35.5. The summed E-state index contributed by atoms with van der Waals surface area (Å²) in [7, 11) is 0. The SMILES string of the molecule is O=C(Nc1ccc(Cl)cc1C(=O)Nc1ccc(Cl)cn1)c1ccc(CN2CCCCC2)cc1.O=C(Nc1ccc(Cl)cc1C(=O)Nc1ccc(Cl)cn1)c1ccc(CN2CCNCC2)cc1.O=C(Nc1ccc(Cl)cc1C(=O)Nc1ccc(Cl)cn1)c1ccc(CN2CCOCC2)cc1.O=C(Nc1ccc(Cl)cc1C(=O)Nc1ccc(Cl)cn1)c1ccc(CN2CCSCC2)cc1. The van der Waals surface area contributed by atoms with Crippen LogP contribution in [-0.4, -0.2) is 177 Å². The number of amides is 8. The van der Waals surface area contributed by atoms with Gasteiger partial charge in [-0.05, 0) is 218 Å².